The Bertz CT molecular complexity index is 297. The zero-order valence-electron chi connectivity index (χ0n) is 10.5. The second-order valence-electron chi connectivity index (χ2n) is 3.69. The first kappa shape index (κ1) is 12.7. The van der Waals surface area contributed by atoms with Crippen LogP contribution in [0.25, 0.3) is 0 Å². The first-order valence-electron chi connectivity index (χ1n) is 6.13. The highest BCUT2D eigenvalue weighted by Gasteiger charge is 2.05. The van der Waals surface area contributed by atoms with Gasteiger partial charge in [-0.1, -0.05) is 13.3 Å². The van der Waals surface area contributed by atoms with Crippen molar-refractivity contribution in [2.75, 3.05) is 29.9 Å². The van der Waals surface area contributed by atoms with Gasteiger partial charge in [0.1, 0.15) is 5.82 Å². The molecule has 0 saturated carbocycles. The van der Waals surface area contributed by atoms with Crippen LogP contribution in [0.15, 0.2) is 12.3 Å². The van der Waals surface area contributed by atoms with Gasteiger partial charge < -0.3 is 10.2 Å². The minimum atomic E-state index is 0.812. The maximum absolute atomic E-state index is 4.49. The monoisotopic (exact) mass is 222 g/mol. The molecule has 1 N–H and O–H groups in total. The molecule has 1 heterocycles. The van der Waals surface area contributed by atoms with Crippen molar-refractivity contribution in [1.29, 1.82) is 0 Å². The number of rotatable bonds is 7. The average molecular weight is 222 g/mol. The largest absolute Gasteiger partial charge is 0.370 e. The van der Waals surface area contributed by atoms with Crippen molar-refractivity contribution in [3.05, 3.63) is 12.3 Å². The van der Waals surface area contributed by atoms with E-state index in [-0.39, 0.29) is 0 Å². The van der Waals surface area contributed by atoms with Crippen molar-refractivity contribution in [3.8, 4) is 0 Å². The van der Waals surface area contributed by atoms with Gasteiger partial charge in [0.2, 0.25) is 5.95 Å². The fourth-order valence-electron chi connectivity index (χ4n) is 1.50. The zero-order valence-corrected chi connectivity index (χ0v) is 10.5. The summed E-state index contributed by atoms with van der Waals surface area (Å²) in [7, 11) is 0. The van der Waals surface area contributed by atoms with Crippen LogP contribution >= 0.6 is 0 Å². The first-order chi connectivity index (χ1) is 7.81. The van der Waals surface area contributed by atoms with Crippen molar-refractivity contribution < 1.29 is 0 Å². The zero-order chi connectivity index (χ0) is 11.8. The molecule has 90 valence electrons. The second kappa shape index (κ2) is 7.04. The molecule has 0 aliphatic heterocycles. The molecule has 0 atom stereocenters. The van der Waals surface area contributed by atoms with E-state index in [0.717, 1.165) is 31.4 Å². The summed E-state index contributed by atoms with van der Waals surface area (Å²) in [6.07, 6.45) is 4.18. The van der Waals surface area contributed by atoms with Crippen LogP contribution in [0.4, 0.5) is 11.8 Å². The van der Waals surface area contributed by atoms with Gasteiger partial charge in [0, 0.05) is 25.8 Å². The Morgan fingerprint density at radius 3 is 2.62 bits per heavy atom. The van der Waals surface area contributed by atoms with Crippen LogP contribution in [0.1, 0.15) is 33.6 Å². The minimum absolute atomic E-state index is 0.812. The molecule has 1 aromatic heterocycles. The van der Waals surface area contributed by atoms with E-state index >= 15 is 0 Å². The van der Waals surface area contributed by atoms with Gasteiger partial charge in [-0.3, -0.25) is 0 Å². The highest BCUT2D eigenvalue weighted by Crippen LogP contribution is 2.10. The Kier molecular flexibility index (Phi) is 5.61. The molecule has 0 fully saturated rings. The maximum atomic E-state index is 4.49. The highest BCUT2D eigenvalue weighted by atomic mass is 15.3. The van der Waals surface area contributed by atoms with Crippen LogP contribution in [-0.4, -0.2) is 29.6 Å². The van der Waals surface area contributed by atoms with Gasteiger partial charge in [-0.25, -0.2) is 4.98 Å². The Morgan fingerprint density at radius 1 is 1.25 bits per heavy atom. The number of aromatic nitrogens is 2. The quantitative estimate of drug-likeness (QED) is 0.720. The molecule has 0 unspecified atom stereocenters. The Balaban J connectivity index is 2.62. The van der Waals surface area contributed by atoms with E-state index in [0.29, 0.717) is 0 Å². The van der Waals surface area contributed by atoms with E-state index in [1.165, 1.54) is 12.8 Å². The lowest BCUT2D eigenvalue weighted by Crippen LogP contribution is -2.24. The molecule has 0 aliphatic rings. The number of unbranched alkanes of at least 4 members (excludes halogenated alkanes) is 1. The van der Waals surface area contributed by atoms with E-state index in [1.54, 1.807) is 0 Å². The summed E-state index contributed by atoms with van der Waals surface area (Å²) in [6.45, 7) is 9.27. The van der Waals surface area contributed by atoms with Crippen LogP contribution in [-0.2, 0) is 0 Å². The molecule has 1 rings (SSSR count). The Morgan fingerprint density at radius 2 is 2.00 bits per heavy atom. The third-order valence-electron chi connectivity index (χ3n) is 2.53. The van der Waals surface area contributed by atoms with E-state index in [2.05, 4.69) is 41.0 Å². The summed E-state index contributed by atoms with van der Waals surface area (Å²) < 4.78 is 0. The molecule has 0 aliphatic carbocycles. The molecule has 16 heavy (non-hydrogen) atoms. The minimum Gasteiger partial charge on any atom is -0.370 e. The van der Waals surface area contributed by atoms with Crippen LogP contribution in [0.5, 0.6) is 0 Å². The summed E-state index contributed by atoms with van der Waals surface area (Å²) >= 11 is 0. The molecular formula is C12H22N4. The maximum Gasteiger partial charge on any atom is 0.227 e. The third kappa shape index (κ3) is 3.68. The molecule has 0 spiro atoms. The lowest BCUT2D eigenvalue weighted by molar-refractivity contribution is 0.811. The molecular weight excluding hydrogens is 200 g/mol. The Hall–Kier alpha value is -1.32. The van der Waals surface area contributed by atoms with E-state index in [9.17, 15) is 0 Å². The predicted molar refractivity (Wildman–Crippen MR) is 69.0 cm³/mol. The number of hydrogen-bond donors (Lipinski definition) is 1. The summed E-state index contributed by atoms with van der Waals surface area (Å²) in [5, 5.41) is 3.31. The van der Waals surface area contributed by atoms with Crippen LogP contribution in [0, 0.1) is 0 Å². The van der Waals surface area contributed by atoms with Crippen LogP contribution in [0.2, 0.25) is 0 Å². The van der Waals surface area contributed by atoms with E-state index < -0.39 is 0 Å². The van der Waals surface area contributed by atoms with Crippen molar-refractivity contribution in [2.24, 2.45) is 0 Å². The van der Waals surface area contributed by atoms with Crippen molar-refractivity contribution >= 4 is 11.8 Å². The lowest BCUT2D eigenvalue weighted by Gasteiger charge is -2.18. The highest BCUT2D eigenvalue weighted by molar-refractivity contribution is 5.40. The summed E-state index contributed by atoms with van der Waals surface area (Å²) in [4.78, 5) is 10.9. The SMILES string of the molecule is CCCCNc1ccnc(N(CC)CC)n1. The van der Waals surface area contributed by atoms with Crippen molar-refractivity contribution in [1.82, 2.24) is 9.97 Å². The topological polar surface area (TPSA) is 41.1 Å². The van der Waals surface area contributed by atoms with Gasteiger partial charge in [-0.15, -0.1) is 0 Å². The van der Waals surface area contributed by atoms with Gasteiger partial charge in [-0.2, -0.15) is 4.98 Å². The predicted octanol–water partition coefficient (Wildman–Crippen LogP) is 2.53. The number of hydrogen-bond acceptors (Lipinski definition) is 4. The van der Waals surface area contributed by atoms with Gasteiger partial charge in [0.05, 0.1) is 0 Å². The molecule has 0 radical (unpaired) electrons. The fourth-order valence-corrected chi connectivity index (χ4v) is 1.50. The Labute approximate surface area is 98.1 Å². The molecule has 0 saturated heterocycles. The van der Waals surface area contributed by atoms with E-state index in [4.69, 9.17) is 0 Å². The summed E-state index contributed by atoms with van der Waals surface area (Å²) in [5.74, 6) is 1.73. The van der Waals surface area contributed by atoms with Crippen LogP contribution < -0.4 is 10.2 Å². The second-order valence-corrected chi connectivity index (χ2v) is 3.69. The number of nitrogens with one attached hydrogen (secondary N) is 1. The van der Waals surface area contributed by atoms with Gasteiger partial charge in [0.15, 0.2) is 0 Å². The molecule has 1 aromatic rings. The molecule has 0 amide bonds. The smallest absolute Gasteiger partial charge is 0.227 e. The third-order valence-corrected chi connectivity index (χ3v) is 2.53. The normalized spacial score (nSPS) is 10.2. The fraction of sp³-hybridized carbons (Fsp3) is 0.667. The van der Waals surface area contributed by atoms with Crippen LogP contribution in [0.3, 0.4) is 0 Å². The molecule has 0 aromatic carbocycles. The van der Waals surface area contributed by atoms with Crippen molar-refractivity contribution in [2.45, 2.75) is 33.6 Å². The van der Waals surface area contributed by atoms with Gasteiger partial charge >= 0.3 is 0 Å². The number of nitrogens with zero attached hydrogens (tertiary/aromatic N) is 3. The lowest BCUT2D eigenvalue weighted by atomic mass is 10.3. The van der Waals surface area contributed by atoms with E-state index in [1.807, 2.05) is 12.3 Å². The molecule has 0 bridgehead atoms. The molecule has 4 nitrogen and oxygen atoms in total. The summed E-state index contributed by atoms with van der Waals surface area (Å²) in [6, 6.07) is 1.92. The average Bonchev–Trinajstić information content (AvgIpc) is 2.32. The van der Waals surface area contributed by atoms with Gasteiger partial charge in [0.25, 0.3) is 0 Å². The summed E-state index contributed by atoms with van der Waals surface area (Å²) in [5.41, 5.74) is 0. The molecule has 4 heteroatoms. The van der Waals surface area contributed by atoms with Gasteiger partial charge in [-0.05, 0) is 26.3 Å². The number of anilines is 2. The van der Waals surface area contributed by atoms with Crippen molar-refractivity contribution in [3.63, 3.8) is 0 Å². The standard InChI is InChI=1S/C12H22N4/c1-4-7-9-13-11-8-10-14-12(15-11)16(5-2)6-3/h8,10H,4-7,9H2,1-3H3,(H,13,14,15). The first-order valence-corrected chi connectivity index (χ1v) is 6.13.